The van der Waals surface area contributed by atoms with Crippen LogP contribution in [0.5, 0.6) is 0 Å². The van der Waals surface area contributed by atoms with Gasteiger partial charge in [0.25, 0.3) is 0 Å². The number of hydrogen-bond acceptors (Lipinski definition) is 4. The van der Waals surface area contributed by atoms with E-state index in [1.54, 1.807) is 11.3 Å². The fraction of sp³-hybridized carbons (Fsp3) is 0. The van der Waals surface area contributed by atoms with E-state index in [0.29, 0.717) is 0 Å². The van der Waals surface area contributed by atoms with Crippen LogP contribution in [0.4, 0.5) is 0 Å². The van der Waals surface area contributed by atoms with Gasteiger partial charge in [-0.15, -0.1) is 11.3 Å². The second kappa shape index (κ2) is 8.12. The van der Waals surface area contributed by atoms with Crippen molar-refractivity contribution in [1.29, 1.82) is 0 Å². The first-order chi connectivity index (χ1) is 20.8. The molecular formula is C38H20N2OS. The molecule has 1 aliphatic carbocycles. The number of nitrogens with zero attached hydrogens (tertiary/aromatic N) is 2. The van der Waals surface area contributed by atoms with E-state index in [1.165, 1.54) is 37.7 Å². The van der Waals surface area contributed by atoms with Gasteiger partial charge in [-0.1, -0.05) is 91.0 Å². The van der Waals surface area contributed by atoms with Crippen molar-refractivity contribution in [1.82, 2.24) is 9.97 Å². The molecule has 3 heterocycles. The molecule has 0 N–H and O–H groups in total. The van der Waals surface area contributed by atoms with Gasteiger partial charge in [0.05, 0.1) is 15.9 Å². The number of thiophene rings is 1. The normalized spacial score (nSPS) is 12.3. The monoisotopic (exact) mass is 552 g/mol. The lowest BCUT2D eigenvalue weighted by molar-refractivity contribution is 0.670. The summed E-state index contributed by atoms with van der Waals surface area (Å²) in [4.78, 5) is 10.4. The summed E-state index contributed by atoms with van der Waals surface area (Å²) < 4.78 is 8.95. The summed E-state index contributed by atoms with van der Waals surface area (Å²) in [6.07, 6.45) is 0. The van der Waals surface area contributed by atoms with E-state index in [-0.39, 0.29) is 0 Å². The van der Waals surface area contributed by atoms with Crippen LogP contribution in [0.15, 0.2) is 126 Å². The molecule has 0 unspecified atom stereocenters. The van der Waals surface area contributed by atoms with E-state index in [0.717, 1.165) is 60.2 Å². The molecule has 0 radical (unpaired) electrons. The molecule has 42 heavy (non-hydrogen) atoms. The molecule has 3 aromatic heterocycles. The highest BCUT2D eigenvalue weighted by atomic mass is 32.1. The maximum atomic E-state index is 6.62. The van der Waals surface area contributed by atoms with E-state index < -0.39 is 0 Å². The molecule has 3 nitrogen and oxygen atoms in total. The van der Waals surface area contributed by atoms with Crippen LogP contribution in [0.2, 0.25) is 0 Å². The molecule has 194 valence electrons. The molecule has 0 amide bonds. The molecule has 1 aliphatic rings. The fourth-order valence-electron chi connectivity index (χ4n) is 6.76. The Morgan fingerprint density at radius 2 is 1.40 bits per heavy atom. The van der Waals surface area contributed by atoms with Crippen molar-refractivity contribution in [2.45, 2.75) is 0 Å². The van der Waals surface area contributed by atoms with Crippen molar-refractivity contribution in [2.24, 2.45) is 0 Å². The Balaban J connectivity index is 1.23. The molecule has 10 rings (SSSR count). The minimum atomic E-state index is 0.722. The Hall–Kier alpha value is -5.32. The predicted octanol–water partition coefficient (Wildman–Crippen LogP) is 10.9. The van der Waals surface area contributed by atoms with Crippen molar-refractivity contribution < 1.29 is 4.42 Å². The zero-order valence-corrected chi connectivity index (χ0v) is 23.1. The van der Waals surface area contributed by atoms with Crippen LogP contribution in [0, 0.1) is 0 Å². The van der Waals surface area contributed by atoms with E-state index in [9.17, 15) is 0 Å². The quantitative estimate of drug-likeness (QED) is 0.214. The van der Waals surface area contributed by atoms with E-state index in [2.05, 4.69) is 115 Å². The summed E-state index contributed by atoms with van der Waals surface area (Å²) in [5.74, 6) is 0.722. The number of hydrogen-bond donors (Lipinski definition) is 0. The first-order valence-corrected chi connectivity index (χ1v) is 14.9. The van der Waals surface area contributed by atoms with E-state index in [4.69, 9.17) is 14.4 Å². The summed E-state index contributed by atoms with van der Waals surface area (Å²) in [5.41, 5.74) is 10.8. The first-order valence-electron chi connectivity index (χ1n) is 14.1. The van der Waals surface area contributed by atoms with Gasteiger partial charge in [-0.25, -0.2) is 9.97 Å². The van der Waals surface area contributed by atoms with Gasteiger partial charge in [0.15, 0.2) is 5.82 Å². The summed E-state index contributed by atoms with van der Waals surface area (Å²) in [5, 5.41) is 5.92. The Morgan fingerprint density at radius 1 is 0.571 bits per heavy atom. The molecule has 0 aliphatic heterocycles. The van der Waals surface area contributed by atoms with Gasteiger partial charge < -0.3 is 4.42 Å². The third kappa shape index (κ3) is 2.94. The van der Waals surface area contributed by atoms with Gasteiger partial charge in [-0.05, 0) is 57.8 Å². The first kappa shape index (κ1) is 22.4. The smallest absolute Gasteiger partial charge is 0.160 e. The lowest BCUT2D eigenvalue weighted by Crippen LogP contribution is -1.93. The standard InChI is InChI=1S/C38H20N2OS/c1-2-8-22(9-3-1)34-37-35(27-12-4-5-15-31(27)42-37)40-38(39-34)23-16-19-30-29(20-23)26-18-17-25-24-13-6-10-21-11-7-14-28(32(21)24)33(25)36(26)41-30/h1-20H. The average Bonchev–Trinajstić information content (AvgIpc) is 3.72. The van der Waals surface area contributed by atoms with Gasteiger partial charge in [0.2, 0.25) is 0 Å². The lowest BCUT2D eigenvalue weighted by atomic mass is 10.00. The van der Waals surface area contributed by atoms with Crippen LogP contribution < -0.4 is 0 Å². The zero-order chi connectivity index (χ0) is 27.4. The fourth-order valence-corrected chi connectivity index (χ4v) is 7.91. The SMILES string of the molecule is c1ccc(-c2nc(-c3ccc4oc5c6c(ccc5c4c3)-c3cccc4cccc-6c34)nc3c2sc2ccccc23)cc1. The lowest BCUT2D eigenvalue weighted by Gasteiger charge is -2.07. The van der Waals surface area contributed by atoms with Crippen molar-refractivity contribution in [3.8, 4) is 44.9 Å². The van der Waals surface area contributed by atoms with Gasteiger partial charge in [0, 0.05) is 37.5 Å². The highest BCUT2D eigenvalue weighted by Crippen LogP contribution is 2.51. The van der Waals surface area contributed by atoms with Gasteiger partial charge in [0.1, 0.15) is 11.2 Å². The average molecular weight is 553 g/mol. The van der Waals surface area contributed by atoms with E-state index >= 15 is 0 Å². The number of fused-ring (bicyclic) bond motifs is 10. The summed E-state index contributed by atoms with van der Waals surface area (Å²) in [6, 6.07) is 42.8. The molecule has 4 heteroatoms. The molecule has 0 fully saturated rings. The number of rotatable bonds is 2. The van der Waals surface area contributed by atoms with Crippen LogP contribution >= 0.6 is 11.3 Å². The van der Waals surface area contributed by atoms with Gasteiger partial charge in [-0.2, -0.15) is 0 Å². The van der Waals surface area contributed by atoms with Crippen LogP contribution in [-0.2, 0) is 0 Å². The second-order valence-electron chi connectivity index (χ2n) is 10.9. The predicted molar refractivity (Wildman–Crippen MR) is 175 cm³/mol. The van der Waals surface area contributed by atoms with Gasteiger partial charge >= 0.3 is 0 Å². The summed E-state index contributed by atoms with van der Waals surface area (Å²) in [6.45, 7) is 0. The van der Waals surface area contributed by atoms with Crippen molar-refractivity contribution >= 4 is 64.4 Å². The Morgan fingerprint density at radius 3 is 2.31 bits per heavy atom. The Labute approximate surface area is 244 Å². The van der Waals surface area contributed by atoms with E-state index in [1.807, 2.05) is 6.07 Å². The minimum absolute atomic E-state index is 0.722. The maximum Gasteiger partial charge on any atom is 0.160 e. The number of furan rings is 1. The van der Waals surface area contributed by atoms with Crippen molar-refractivity contribution in [3.63, 3.8) is 0 Å². The Bertz CT molecular complexity index is 2570. The second-order valence-corrected chi connectivity index (χ2v) is 12.0. The topological polar surface area (TPSA) is 38.9 Å². The molecular weight excluding hydrogens is 532 g/mol. The highest BCUT2D eigenvalue weighted by Gasteiger charge is 2.26. The third-order valence-electron chi connectivity index (χ3n) is 8.63. The minimum Gasteiger partial charge on any atom is -0.455 e. The van der Waals surface area contributed by atoms with Crippen molar-refractivity contribution in [3.05, 3.63) is 121 Å². The molecule has 0 atom stereocenters. The van der Waals surface area contributed by atoms with Crippen LogP contribution in [0.1, 0.15) is 0 Å². The van der Waals surface area contributed by atoms with Crippen LogP contribution in [0.3, 0.4) is 0 Å². The number of aromatic nitrogens is 2. The molecule has 0 spiro atoms. The molecule has 0 saturated carbocycles. The molecule has 0 bridgehead atoms. The van der Waals surface area contributed by atoms with Crippen LogP contribution in [-0.4, -0.2) is 9.97 Å². The molecule has 6 aromatic carbocycles. The Kier molecular flexibility index (Phi) is 4.33. The third-order valence-corrected chi connectivity index (χ3v) is 9.80. The summed E-state index contributed by atoms with van der Waals surface area (Å²) >= 11 is 1.76. The number of benzene rings is 6. The van der Waals surface area contributed by atoms with Gasteiger partial charge in [-0.3, -0.25) is 0 Å². The van der Waals surface area contributed by atoms with Crippen LogP contribution in [0.25, 0.3) is 97.9 Å². The molecule has 0 saturated heterocycles. The highest BCUT2D eigenvalue weighted by molar-refractivity contribution is 7.26. The zero-order valence-electron chi connectivity index (χ0n) is 22.3. The largest absolute Gasteiger partial charge is 0.455 e. The molecule has 9 aromatic rings. The summed E-state index contributed by atoms with van der Waals surface area (Å²) in [7, 11) is 0. The maximum absolute atomic E-state index is 6.62. The van der Waals surface area contributed by atoms with Crippen molar-refractivity contribution in [2.75, 3.05) is 0 Å².